The second-order valence-electron chi connectivity index (χ2n) is 4.72. The van der Waals surface area contributed by atoms with Crippen molar-refractivity contribution in [1.29, 1.82) is 0 Å². The summed E-state index contributed by atoms with van der Waals surface area (Å²) in [6.45, 7) is 3.58. The standard InChI is InChI=1S/C14H18ClN3O2/c1-2-18(9-10-4-3-5-11(15)6-10)14(20)12-7-17-13(19)8-16-12/h3-6,12,16H,2,7-9H2,1H3,(H,17,19). The Hall–Kier alpha value is -1.59. The monoisotopic (exact) mass is 295 g/mol. The van der Waals surface area contributed by atoms with Crippen molar-refractivity contribution in [3.05, 3.63) is 34.9 Å². The van der Waals surface area contributed by atoms with Gasteiger partial charge in [-0.3, -0.25) is 14.9 Å². The molecule has 6 heteroatoms. The molecule has 20 heavy (non-hydrogen) atoms. The van der Waals surface area contributed by atoms with Crippen molar-refractivity contribution in [3.8, 4) is 0 Å². The quantitative estimate of drug-likeness (QED) is 0.863. The van der Waals surface area contributed by atoms with Crippen LogP contribution >= 0.6 is 11.6 Å². The predicted molar refractivity (Wildman–Crippen MR) is 77.3 cm³/mol. The van der Waals surface area contributed by atoms with Crippen LogP contribution in [0.1, 0.15) is 12.5 Å². The van der Waals surface area contributed by atoms with Gasteiger partial charge in [-0.25, -0.2) is 0 Å². The molecule has 108 valence electrons. The minimum atomic E-state index is -0.355. The molecular weight excluding hydrogens is 278 g/mol. The summed E-state index contributed by atoms with van der Waals surface area (Å²) >= 11 is 5.95. The van der Waals surface area contributed by atoms with E-state index in [1.165, 1.54) is 0 Å². The minimum Gasteiger partial charge on any atom is -0.353 e. The summed E-state index contributed by atoms with van der Waals surface area (Å²) in [5, 5.41) is 6.31. The first-order valence-electron chi connectivity index (χ1n) is 6.63. The molecule has 0 radical (unpaired) electrons. The van der Waals surface area contributed by atoms with Crippen LogP contribution in [0.5, 0.6) is 0 Å². The fourth-order valence-corrected chi connectivity index (χ4v) is 2.38. The highest BCUT2D eigenvalue weighted by molar-refractivity contribution is 6.30. The van der Waals surface area contributed by atoms with Crippen molar-refractivity contribution >= 4 is 23.4 Å². The summed E-state index contributed by atoms with van der Waals surface area (Å²) in [5.74, 6) is -0.0839. The van der Waals surface area contributed by atoms with Crippen LogP contribution in [0.2, 0.25) is 5.02 Å². The number of benzene rings is 1. The van der Waals surface area contributed by atoms with Crippen LogP contribution in [0.4, 0.5) is 0 Å². The lowest BCUT2D eigenvalue weighted by Crippen LogP contribution is -2.58. The Morgan fingerprint density at radius 3 is 2.90 bits per heavy atom. The maximum absolute atomic E-state index is 12.4. The van der Waals surface area contributed by atoms with E-state index in [1.807, 2.05) is 25.1 Å². The van der Waals surface area contributed by atoms with E-state index in [0.717, 1.165) is 5.56 Å². The number of nitrogens with zero attached hydrogens (tertiary/aromatic N) is 1. The second kappa shape index (κ2) is 6.72. The van der Waals surface area contributed by atoms with Crippen LogP contribution < -0.4 is 10.6 Å². The molecule has 2 amide bonds. The third kappa shape index (κ3) is 3.71. The van der Waals surface area contributed by atoms with E-state index in [0.29, 0.717) is 24.7 Å². The summed E-state index contributed by atoms with van der Waals surface area (Å²) in [6.07, 6.45) is 0. The van der Waals surface area contributed by atoms with Gasteiger partial charge in [-0.05, 0) is 24.6 Å². The molecule has 1 heterocycles. The molecule has 1 fully saturated rings. The van der Waals surface area contributed by atoms with Gasteiger partial charge in [0.1, 0.15) is 6.04 Å². The maximum atomic E-state index is 12.4. The fourth-order valence-electron chi connectivity index (χ4n) is 2.16. The molecule has 0 aromatic heterocycles. The minimum absolute atomic E-state index is 0.00697. The molecule has 1 atom stereocenters. The highest BCUT2D eigenvalue weighted by Crippen LogP contribution is 2.13. The number of hydrogen-bond acceptors (Lipinski definition) is 3. The Morgan fingerprint density at radius 2 is 2.30 bits per heavy atom. The maximum Gasteiger partial charge on any atom is 0.241 e. The summed E-state index contributed by atoms with van der Waals surface area (Å²) in [4.78, 5) is 25.2. The Kier molecular flexibility index (Phi) is 4.98. The molecule has 1 aliphatic heterocycles. The smallest absolute Gasteiger partial charge is 0.241 e. The van der Waals surface area contributed by atoms with Gasteiger partial charge in [0, 0.05) is 24.7 Å². The van der Waals surface area contributed by atoms with Crippen LogP contribution in [0.15, 0.2) is 24.3 Å². The summed E-state index contributed by atoms with van der Waals surface area (Å²) in [5.41, 5.74) is 0.993. The number of halogens is 1. The third-order valence-corrected chi connectivity index (χ3v) is 3.50. The van der Waals surface area contributed by atoms with Gasteiger partial charge in [0.2, 0.25) is 11.8 Å². The fraction of sp³-hybridized carbons (Fsp3) is 0.429. The SMILES string of the molecule is CCN(Cc1cccc(Cl)c1)C(=O)C1CNC(=O)CN1. The van der Waals surface area contributed by atoms with Crippen LogP contribution in [0, 0.1) is 0 Å². The van der Waals surface area contributed by atoms with Crippen molar-refractivity contribution in [1.82, 2.24) is 15.5 Å². The van der Waals surface area contributed by atoms with Crippen molar-refractivity contribution in [3.63, 3.8) is 0 Å². The van der Waals surface area contributed by atoms with Gasteiger partial charge < -0.3 is 10.2 Å². The van der Waals surface area contributed by atoms with E-state index in [4.69, 9.17) is 11.6 Å². The van der Waals surface area contributed by atoms with E-state index in [1.54, 1.807) is 11.0 Å². The van der Waals surface area contributed by atoms with Crippen LogP contribution in [0.25, 0.3) is 0 Å². The van der Waals surface area contributed by atoms with E-state index in [-0.39, 0.29) is 24.4 Å². The number of piperazine rings is 1. The van der Waals surface area contributed by atoms with E-state index in [9.17, 15) is 9.59 Å². The van der Waals surface area contributed by atoms with Gasteiger partial charge >= 0.3 is 0 Å². The lowest BCUT2D eigenvalue weighted by Gasteiger charge is -2.29. The lowest BCUT2D eigenvalue weighted by molar-refractivity contribution is -0.135. The summed E-state index contributed by atoms with van der Waals surface area (Å²) < 4.78 is 0. The normalized spacial score (nSPS) is 18.5. The van der Waals surface area contributed by atoms with Gasteiger partial charge in [0.05, 0.1) is 6.54 Å². The molecule has 1 aromatic carbocycles. The molecule has 2 rings (SSSR count). The Labute approximate surface area is 123 Å². The van der Waals surface area contributed by atoms with E-state index >= 15 is 0 Å². The molecular formula is C14H18ClN3O2. The van der Waals surface area contributed by atoms with Crippen molar-refractivity contribution in [2.24, 2.45) is 0 Å². The van der Waals surface area contributed by atoms with Gasteiger partial charge in [0.15, 0.2) is 0 Å². The number of amides is 2. The molecule has 1 aliphatic rings. The third-order valence-electron chi connectivity index (χ3n) is 3.27. The Morgan fingerprint density at radius 1 is 1.50 bits per heavy atom. The molecule has 0 saturated carbocycles. The first-order valence-corrected chi connectivity index (χ1v) is 7.01. The van der Waals surface area contributed by atoms with E-state index in [2.05, 4.69) is 10.6 Å². The zero-order chi connectivity index (χ0) is 14.5. The van der Waals surface area contributed by atoms with Crippen molar-refractivity contribution in [2.75, 3.05) is 19.6 Å². The summed E-state index contributed by atoms with van der Waals surface area (Å²) in [7, 11) is 0. The zero-order valence-corrected chi connectivity index (χ0v) is 12.1. The van der Waals surface area contributed by atoms with Crippen molar-refractivity contribution < 1.29 is 9.59 Å². The van der Waals surface area contributed by atoms with E-state index < -0.39 is 0 Å². The highest BCUT2D eigenvalue weighted by Gasteiger charge is 2.27. The van der Waals surface area contributed by atoms with Crippen molar-refractivity contribution in [2.45, 2.75) is 19.5 Å². The number of carbonyl (C=O) groups is 2. The molecule has 2 N–H and O–H groups in total. The van der Waals surface area contributed by atoms with Crippen LogP contribution in [0.3, 0.4) is 0 Å². The largest absolute Gasteiger partial charge is 0.353 e. The average Bonchev–Trinajstić information content (AvgIpc) is 2.45. The second-order valence-corrected chi connectivity index (χ2v) is 5.16. The lowest BCUT2D eigenvalue weighted by atomic mass is 10.1. The summed E-state index contributed by atoms with van der Waals surface area (Å²) in [6, 6.07) is 7.12. The number of carbonyl (C=O) groups excluding carboxylic acids is 2. The van der Waals surface area contributed by atoms with Gasteiger partial charge in [0.25, 0.3) is 0 Å². The van der Waals surface area contributed by atoms with Gasteiger partial charge in [-0.2, -0.15) is 0 Å². The zero-order valence-electron chi connectivity index (χ0n) is 11.4. The Balaban J connectivity index is 2.00. The molecule has 5 nitrogen and oxygen atoms in total. The molecule has 0 bridgehead atoms. The highest BCUT2D eigenvalue weighted by atomic mass is 35.5. The average molecular weight is 296 g/mol. The molecule has 1 unspecified atom stereocenters. The predicted octanol–water partition coefficient (Wildman–Crippen LogP) is 0.776. The van der Waals surface area contributed by atoms with Crippen LogP contribution in [-0.2, 0) is 16.1 Å². The van der Waals surface area contributed by atoms with Crippen LogP contribution in [-0.4, -0.2) is 42.4 Å². The first-order chi connectivity index (χ1) is 9.60. The topological polar surface area (TPSA) is 61.4 Å². The van der Waals surface area contributed by atoms with Gasteiger partial charge in [-0.15, -0.1) is 0 Å². The number of nitrogens with one attached hydrogen (secondary N) is 2. The first kappa shape index (κ1) is 14.8. The molecule has 0 aliphatic carbocycles. The number of rotatable bonds is 4. The molecule has 1 aromatic rings. The Bertz CT molecular complexity index is 497. The van der Waals surface area contributed by atoms with Gasteiger partial charge in [-0.1, -0.05) is 23.7 Å². The number of likely N-dealkylation sites (N-methyl/N-ethyl adjacent to an activating group) is 1. The molecule has 0 spiro atoms. The number of hydrogen-bond donors (Lipinski definition) is 2. The molecule has 1 saturated heterocycles.